The van der Waals surface area contributed by atoms with Crippen LogP contribution in [0.5, 0.6) is 11.5 Å². The highest BCUT2D eigenvalue weighted by molar-refractivity contribution is 9.11. The molecule has 0 aliphatic heterocycles. The van der Waals surface area contributed by atoms with Crippen molar-refractivity contribution in [2.75, 3.05) is 12.4 Å². The average molecular weight is 565 g/mol. The monoisotopic (exact) mass is 562 g/mol. The number of phenolic OH excluding ortho intramolecular Hbond substituents is 1. The van der Waals surface area contributed by atoms with Gasteiger partial charge in [-0.05, 0) is 80.5 Å². The normalized spacial score (nSPS) is 10.6. The van der Waals surface area contributed by atoms with Gasteiger partial charge in [0.25, 0.3) is 0 Å². The Morgan fingerprint density at radius 1 is 1.19 bits per heavy atom. The fraction of sp³-hybridized carbons (Fsp3) is 0.0588. The topological polar surface area (TPSA) is 70.6 Å². The number of aromatic hydroxyl groups is 1. The molecular formula is C17H13Br3N2O3S. The summed E-state index contributed by atoms with van der Waals surface area (Å²) in [5.41, 5.74) is 1.35. The minimum atomic E-state index is -0.388. The number of benzene rings is 2. The zero-order chi connectivity index (χ0) is 19.3. The highest BCUT2D eigenvalue weighted by Gasteiger charge is 2.08. The van der Waals surface area contributed by atoms with Crippen molar-refractivity contribution in [1.82, 2.24) is 5.32 Å². The van der Waals surface area contributed by atoms with Crippen LogP contribution in [0.2, 0.25) is 0 Å². The van der Waals surface area contributed by atoms with E-state index in [1.165, 1.54) is 6.08 Å². The van der Waals surface area contributed by atoms with Gasteiger partial charge in [0, 0.05) is 21.8 Å². The Bertz CT molecular complexity index is 865. The van der Waals surface area contributed by atoms with Crippen LogP contribution in [0.3, 0.4) is 0 Å². The maximum atomic E-state index is 12.1. The molecule has 0 fully saturated rings. The number of rotatable bonds is 4. The van der Waals surface area contributed by atoms with Crippen LogP contribution in [0, 0.1) is 0 Å². The lowest BCUT2D eigenvalue weighted by atomic mass is 10.2. The summed E-state index contributed by atoms with van der Waals surface area (Å²) >= 11 is 15.0. The Balaban J connectivity index is 2.01. The molecule has 3 N–H and O–H groups in total. The van der Waals surface area contributed by atoms with Crippen molar-refractivity contribution in [3.8, 4) is 11.5 Å². The summed E-state index contributed by atoms with van der Waals surface area (Å²) < 4.78 is 7.11. The van der Waals surface area contributed by atoms with Crippen molar-refractivity contribution in [3.05, 3.63) is 55.4 Å². The third kappa shape index (κ3) is 5.80. The number of hydrogen-bond acceptors (Lipinski definition) is 4. The molecule has 2 aromatic carbocycles. The maximum Gasteiger partial charge on any atom is 0.250 e. The summed E-state index contributed by atoms with van der Waals surface area (Å²) in [6.45, 7) is 0. The van der Waals surface area contributed by atoms with E-state index in [0.717, 1.165) is 10.0 Å². The molecule has 0 radical (unpaired) electrons. The summed E-state index contributed by atoms with van der Waals surface area (Å²) in [5.74, 6) is 0.342. The zero-order valence-corrected chi connectivity index (χ0v) is 18.9. The molecule has 1 amide bonds. The van der Waals surface area contributed by atoms with E-state index in [-0.39, 0.29) is 16.8 Å². The number of phenols is 1. The van der Waals surface area contributed by atoms with E-state index in [1.807, 2.05) is 12.1 Å². The lowest BCUT2D eigenvalue weighted by Crippen LogP contribution is -2.32. The number of anilines is 1. The van der Waals surface area contributed by atoms with Crippen LogP contribution in [0.25, 0.3) is 6.08 Å². The summed E-state index contributed by atoms with van der Waals surface area (Å²) in [6, 6.07) is 8.77. The van der Waals surface area contributed by atoms with Gasteiger partial charge in [0.1, 0.15) is 11.5 Å². The SMILES string of the molecule is COc1ccc(Br)cc1C=CC(=O)NC(=S)Nc1cc(Br)c(O)c(Br)c1. The Hall–Kier alpha value is -1.42. The van der Waals surface area contributed by atoms with Gasteiger partial charge in [-0.15, -0.1) is 0 Å². The number of hydrogen-bond donors (Lipinski definition) is 3. The number of ether oxygens (including phenoxy) is 1. The minimum absolute atomic E-state index is 0.0800. The number of thiocarbonyl (C=S) groups is 1. The fourth-order valence-corrected chi connectivity index (χ4v) is 3.74. The standard InChI is InChI=1S/C17H13Br3N2O3S/c1-25-14-4-3-10(18)6-9(14)2-5-15(23)22-17(26)21-11-7-12(19)16(24)13(20)8-11/h2-8,24H,1H3,(H2,21,22,23,26). The summed E-state index contributed by atoms with van der Waals surface area (Å²) in [4.78, 5) is 12.1. The van der Waals surface area contributed by atoms with E-state index >= 15 is 0 Å². The van der Waals surface area contributed by atoms with Crippen molar-refractivity contribution < 1.29 is 14.6 Å². The molecule has 0 atom stereocenters. The Morgan fingerprint density at radius 2 is 1.85 bits per heavy atom. The van der Waals surface area contributed by atoms with Gasteiger partial charge in [-0.3, -0.25) is 10.1 Å². The zero-order valence-electron chi connectivity index (χ0n) is 13.3. The molecule has 9 heteroatoms. The van der Waals surface area contributed by atoms with Gasteiger partial charge in [0.2, 0.25) is 5.91 Å². The second kappa shape index (κ2) is 9.50. The van der Waals surface area contributed by atoms with Crippen LogP contribution in [-0.2, 0) is 4.79 Å². The van der Waals surface area contributed by atoms with Crippen LogP contribution in [0.15, 0.2) is 49.8 Å². The lowest BCUT2D eigenvalue weighted by Gasteiger charge is -2.10. The first-order valence-electron chi connectivity index (χ1n) is 7.11. The van der Waals surface area contributed by atoms with Gasteiger partial charge in [0.15, 0.2) is 5.11 Å². The number of amides is 1. The molecule has 2 aromatic rings. The van der Waals surface area contributed by atoms with Crippen molar-refractivity contribution in [2.45, 2.75) is 0 Å². The van der Waals surface area contributed by atoms with Crippen LogP contribution < -0.4 is 15.4 Å². The highest BCUT2D eigenvalue weighted by atomic mass is 79.9. The molecule has 136 valence electrons. The molecule has 0 saturated heterocycles. The molecular weight excluding hydrogens is 552 g/mol. The minimum Gasteiger partial charge on any atom is -0.506 e. The van der Waals surface area contributed by atoms with Crippen molar-refractivity contribution in [2.24, 2.45) is 0 Å². The van der Waals surface area contributed by atoms with Gasteiger partial charge in [-0.2, -0.15) is 0 Å². The first-order valence-corrected chi connectivity index (χ1v) is 9.90. The van der Waals surface area contributed by atoms with E-state index in [4.69, 9.17) is 17.0 Å². The third-order valence-electron chi connectivity index (χ3n) is 3.12. The summed E-state index contributed by atoms with van der Waals surface area (Å²) in [7, 11) is 1.56. The number of methoxy groups -OCH3 is 1. The van der Waals surface area contributed by atoms with E-state index in [1.54, 1.807) is 31.4 Å². The highest BCUT2D eigenvalue weighted by Crippen LogP contribution is 2.35. The molecule has 0 heterocycles. The largest absolute Gasteiger partial charge is 0.506 e. The van der Waals surface area contributed by atoms with E-state index in [0.29, 0.717) is 20.4 Å². The molecule has 0 saturated carbocycles. The predicted molar refractivity (Wildman–Crippen MR) is 118 cm³/mol. The van der Waals surface area contributed by atoms with E-state index < -0.39 is 0 Å². The van der Waals surface area contributed by atoms with E-state index in [9.17, 15) is 9.90 Å². The smallest absolute Gasteiger partial charge is 0.250 e. The molecule has 0 unspecified atom stereocenters. The molecule has 0 aliphatic rings. The number of carbonyl (C=O) groups is 1. The van der Waals surface area contributed by atoms with Crippen LogP contribution >= 0.6 is 60.0 Å². The van der Waals surface area contributed by atoms with Crippen molar-refractivity contribution in [1.29, 1.82) is 0 Å². The molecule has 0 spiro atoms. The van der Waals surface area contributed by atoms with Gasteiger partial charge >= 0.3 is 0 Å². The first kappa shape index (κ1) is 20.9. The number of nitrogens with one attached hydrogen (secondary N) is 2. The second-order valence-corrected chi connectivity index (χ2v) is 7.98. The number of halogens is 3. The Labute approximate surface area is 181 Å². The fourth-order valence-electron chi connectivity index (χ4n) is 1.95. The van der Waals surface area contributed by atoms with E-state index in [2.05, 4.69) is 58.4 Å². The summed E-state index contributed by atoms with van der Waals surface area (Å²) in [5, 5.41) is 15.3. The average Bonchev–Trinajstić information content (AvgIpc) is 2.57. The molecule has 26 heavy (non-hydrogen) atoms. The van der Waals surface area contributed by atoms with Gasteiger partial charge in [-0.25, -0.2) is 0 Å². The molecule has 0 bridgehead atoms. The quantitative estimate of drug-likeness (QED) is 0.270. The van der Waals surface area contributed by atoms with Crippen molar-refractivity contribution >= 4 is 82.8 Å². The summed E-state index contributed by atoms with van der Waals surface area (Å²) in [6.07, 6.45) is 3.00. The van der Waals surface area contributed by atoms with Crippen LogP contribution in [0.4, 0.5) is 5.69 Å². The maximum absolute atomic E-state index is 12.1. The second-order valence-electron chi connectivity index (χ2n) is 4.95. The van der Waals surface area contributed by atoms with Crippen LogP contribution in [-0.4, -0.2) is 23.2 Å². The van der Waals surface area contributed by atoms with Crippen LogP contribution in [0.1, 0.15) is 5.56 Å². The predicted octanol–water partition coefficient (Wildman–Crippen LogP) is 5.21. The molecule has 2 rings (SSSR count). The molecule has 0 aromatic heterocycles. The Kier molecular flexibility index (Phi) is 7.63. The lowest BCUT2D eigenvalue weighted by molar-refractivity contribution is -0.115. The Morgan fingerprint density at radius 3 is 2.46 bits per heavy atom. The number of carbonyl (C=O) groups excluding carboxylic acids is 1. The molecule has 0 aliphatic carbocycles. The van der Waals surface area contributed by atoms with Crippen molar-refractivity contribution in [3.63, 3.8) is 0 Å². The van der Waals surface area contributed by atoms with Gasteiger partial charge in [0.05, 0.1) is 16.1 Å². The first-order chi connectivity index (χ1) is 12.3. The van der Waals surface area contributed by atoms with Gasteiger partial charge in [-0.1, -0.05) is 15.9 Å². The molecule has 5 nitrogen and oxygen atoms in total. The van der Waals surface area contributed by atoms with Gasteiger partial charge < -0.3 is 15.2 Å². The third-order valence-corrected chi connectivity index (χ3v) is 5.02.